The number of unbranched alkanes of at least 4 members (excludes halogenated alkanes) is 1. The van der Waals surface area contributed by atoms with E-state index in [0.29, 0.717) is 6.42 Å². The lowest BCUT2D eigenvalue weighted by Crippen LogP contribution is -1.80. The third-order valence-electron chi connectivity index (χ3n) is 1.79. The number of carbonyl (C=O) groups excluding carboxylic acids is 1. The zero-order valence-electron chi connectivity index (χ0n) is 11.1. The minimum Gasteiger partial charge on any atom is -0.300 e. The Bertz CT molecular complexity index is 237. The maximum Gasteiger partial charge on any atom is 0.129 e. The largest absolute Gasteiger partial charge is 0.300 e. The summed E-state index contributed by atoms with van der Waals surface area (Å²) in [6, 6.07) is 10.3. The van der Waals surface area contributed by atoms with E-state index in [0.717, 1.165) is 6.42 Å². The summed E-state index contributed by atoms with van der Waals surface area (Å²) in [6.45, 7) is 11.2. The number of Topliss-reactive ketones (excluding diaryl/α,β-unsaturated/α-hetero) is 1. The molecule has 0 aromatic heterocycles. The summed E-state index contributed by atoms with van der Waals surface area (Å²) in [5, 5.41) is 0. The molecular weight excluding hydrogens is 196 g/mol. The van der Waals surface area contributed by atoms with Gasteiger partial charge >= 0.3 is 0 Å². The van der Waals surface area contributed by atoms with Crippen LogP contribution in [0.25, 0.3) is 0 Å². The number of aryl methyl sites for hydroxylation is 1. The van der Waals surface area contributed by atoms with Crippen LogP contribution in [-0.4, -0.2) is 5.78 Å². The van der Waals surface area contributed by atoms with Crippen molar-refractivity contribution in [3.05, 3.63) is 42.8 Å². The normalized spacial score (nSPS) is 8.06. The maximum atomic E-state index is 9.81. The van der Waals surface area contributed by atoms with Gasteiger partial charge in [0.15, 0.2) is 0 Å². The lowest BCUT2D eigenvalue weighted by molar-refractivity contribution is -0.116. The highest BCUT2D eigenvalue weighted by Gasteiger charge is 1.77. The van der Waals surface area contributed by atoms with Crippen molar-refractivity contribution in [3.63, 3.8) is 0 Å². The summed E-state index contributed by atoms with van der Waals surface area (Å²) in [4.78, 5) is 9.81. The van der Waals surface area contributed by atoms with Crippen molar-refractivity contribution < 1.29 is 4.79 Å². The second-order valence-corrected chi connectivity index (χ2v) is 3.56. The average Bonchev–Trinajstić information content (AvgIpc) is 2.31. The molecule has 0 fully saturated rings. The van der Waals surface area contributed by atoms with E-state index in [1.54, 1.807) is 6.92 Å². The van der Waals surface area contributed by atoms with Crippen LogP contribution in [0.2, 0.25) is 0 Å². The van der Waals surface area contributed by atoms with Crippen LogP contribution >= 0.6 is 0 Å². The zero-order valence-corrected chi connectivity index (χ0v) is 11.1. The summed E-state index contributed by atoms with van der Waals surface area (Å²) in [5.74, 6) is 0.255. The fourth-order valence-corrected chi connectivity index (χ4v) is 0.534. The minimum absolute atomic E-state index is 0.255. The predicted molar refractivity (Wildman–Crippen MR) is 72.4 cm³/mol. The van der Waals surface area contributed by atoms with Gasteiger partial charge in [-0.25, -0.2) is 0 Å². The van der Waals surface area contributed by atoms with Gasteiger partial charge in [-0.1, -0.05) is 69.5 Å². The lowest BCUT2D eigenvalue weighted by Gasteiger charge is -1.82. The summed E-state index contributed by atoms with van der Waals surface area (Å²) in [5.41, 5.74) is 1.32. The van der Waals surface area contributed by atoms with E-state index in [1.807, 2.05) is 25.1 Å². The molecule has 16 heavy (non-hydrogen) atoms. The van der Waals surface area contributed by atoms with E-state index < -0.39 is 0 Å². The number of ketones is 1. The standard InChI is InChI=1S/C7H8.C4H8O.C4H9/c1-7-5-3-2-4-6-7;1-3-4(2)5;1-3-4-2/h2-6H,1H3;3H2,1-2H3;1,3-4H2,2H3. The van der Waals surface area contributed by atoms with Gasteiger partial charge in [-0.2, -0.15) is 0 Å². The Labute approximate surface area is 101 Å². The molecule has 0 atom stereocenters. The first-order valence-electron chi connectivity index (χ1n) is 5.88. The van der Waals surface area contributed by atoms with Gasteiger partial charge < -0.3 is 4.79 Å². The average molecular weight is 221 g/mol. The van der Waals surface area contributed by atoms with Crippen molar-refractivity contribution in [1.29, 1.82) is 0 Å². The lowest BCUT2D eigenvalue weighted by atomic mass is 10.2. The Morgan fingerprint density at radius 3 is 1.69 bits per heavy atom. The van der Waals surface area contributed by atoms with Crippen molar-refractivity contribution in [1.82, 2.24) is 0 Å². The number of hydrogen-bond donors (Lipinski definition) is 0. The van der Waals surface area contributed by atoms with Crippen LogP contribution in [0.3, 0.4) is 0 Å². The van der Waals surface area contributed by atoms with Gasteiger partial charge in [-0.05, 0) is 13.8 Å². The molecule has 0 saturated heterocycles. The monoisotopic (exact) mass is 221 g/mol. The van der Waals surface area contributed by atoms with Gasteiger partial charge in [0.05, 0.1) is 0 Å². The third kappa shape index (κ3) is 18.6. The highest BCUT2D eigenvalue weighted by molar-refractivity contribution is 5.74. The fourth-order valence-electron chi connectivity index (χ4n) is 0.534. The molecule has 0 spiro atoms. The van der Waals surface area contributed by atoms with Gasteiger partial charge in [-0.3, -0.25) is 0 Å². The molecule has 91 valence electrons. The summed E-state index contributed by atoms with van der Waals surface area (Å²) in [6.07, 6.45) is 2.94. The van der Waals surface area contributed by atoms with E-state index in [1.165, 1.54) is 12.0 Å². The second kappa shape index (κ2) is 13.9. The van der Waals surface area contributed by atoms with Crippen molar-refractivity contribution in [2.45, 2.75) is 47.0 Å². The Balaban J connectivity index is 0. The van der Waals surface area contributed by atoms with E-state index >= 15 is 0 Å². The van der Waals surface area contributed by atoms with Gasteiger partial charge in [0.2, 0.25) is 0 Å². The predicted octanol–water partition coefficient (Wildman–Crippen LogP) is 4.60. The first-order chi connectivity index (χ1) is 7.58. The quantitative estimate of drug-likeness (QED) is 0.713. The van der Waals surface area contributed by atoms with Crippen LogP contribution in [-0.2, 0) is 4.79 Å². The van der Waals surface area contributed by atoms with Crippen molar-refractivity contribution in [2.75, 3.05) is 0 Å². The highest BCUT2D eigenvalue weighted by atomic mass is 16.1. The van der Waals surface area contributed by atoms with Crippen molar-refractivity contribution in [2.24, 2.45) is 0 Å². The molecule has 1 heteroatoms. The molecule has 0 bridgehead atoms. The molecule has 0 amide bonds. The molecular formula is C15H25O. The highest BCUT2D eigenvalue weighted by Crippen LogP contribution is 1.92. The SMILES string of the molecule is CCC(C)=O.Cc1ccccc1.[CH2]CCC. The first-order valence-corrected chi connectivity index (χ1v) is 5.88. The number of carbonyl (C=O) groups is 1. The molecule has 0 aliphatic heterocycles. The van der Waals surface area contributed by atoms with Crippen molar-refractivity contribution in [3.8, 4) is 0 Å². The number of benzene rings is 1. The second-order valence-electron chi connectivity index (χ2n) is 3.56. The Morgan fingerprint density at radius 1 is 1.19 bits per heavy atom. The Kier molecular flexibility index (Phi) is 15.0. The minimum atomic E-state index is 0.255. The Hall–Kier alpha value is -1.11. The van der Waals surface area contributed by atoms with Crippen LogP contribution in [0.4, 0.5) is 0 Å². The number of hydrogen-bond acceptors (Lipinski definition) is 1. The van der Waals surface area contributed by atoms with E-state index in [-0.39, 0.29) is 5.78 Å². The first kappa shape index (κ1) is 17.3. The van der Waals surface area contributed by atoms with Gasteiger partial charge in [0.1, 0.15) is 5.78 Å². The van der Waals surface area contributed by atoms with Crippen LogP contribution in [0.5, 0.6) is 0 Å². The van der Waals surface area contributed by atoms with Crippen LogP contribution in [0.15, 0.2) is 30.3 Å². The molecule has 0 unspecified atom stereocenters. The molecule has 0 aliphatic rings. The molecule has 1 nitrogen and oxygen atoms in total. The Morgan fingerprint density at radius 2 is 1.56 bits per heavy atom. The maximum absolute atomic E-state index is 9.81. The molecule has 0 N–H and O–H groups in total. The molecule has 1 rings (SSSR count). The van der Waals surface area contributed by atoms with E-state index in [4.69, 9.17) is 0 Å². The van der Waals surface area contributed by atoms with Gasteiger partial charge in [0, 0.05) is 6.42 Å². The van der Waals surface area contributed by atoms with Crippen LogP contribution < -0.4 is 0 Å². The zero-order chi connectivity index (χ0) is 12.8. The topological polar surface area (TPSA) is 17.1 Å². The van der Waals surface area contributed by atoms with Crippen LogP contribution in [0, 0.1) is 13.8 Å². The summed E-state index contributed by atoms with van der Waals surface area (Å²) < 4.78 is 0. The van der Waals surface area contributed by atoms with E-state index in [9.17, 15) is 4.79 Å². The third-order valence-corrected chi connectivity index (χ3v) is 1.79. The van der Waals surface area contributed by atoms with E-state index in [2.05, 4.69) is 32.9 Å². The summed E-state index contributed by atoms with van der Waals surface area (Å²) in [7, 11) is 0. The fraction of sp³-hybridized carbons (Fsp3) is 0.467. The van der Waals surface area contributed by atoms with Gasteiger partial charge in [0.25, 0.3) is 0 Å². The molecule has 0 aliphatic carbocycles. The summed E-state index contributed by atoms with van der Waals surface area (Å²) >= 11 is 0. The molecule has 0 heterocycles. The molecule has 1 aromatic rings. The number of rotatable bonds is 2. The van der Waals surface area contributed by atoms with Crippen molar-refractivity contribution >= 4 is 5.78 Å². The molecule has 1 aromatic carbocycles. The molecule has 0 saturated carbocycles. The van der Waals surface area contributed by atoms with Gasteiger partial charge in [-0.15, -0.1) is 0 Å². The smallest absolute Gasteiger partial charge is 0.129 e. The van der Waals surface area contributed by atoms with Crippen LogP contribution in [0.1, 0.15) is 45.6 Å². The molecule has 1 radical (unpaired) electrons.